The van der Waals surface area contributed by atoms with Crippen molar-refractivity contribution in [2.75, 3.05) is 0 Å². The Morgan fingerprint density at radius 1 is 2.12 bits per heavy atom. The third-order valence-electron chi connectivity index (χ3n) is 0.743. The monoisotopic (exact) mass is 115 g/mol. The van der Waals surface area contributed by atoms with E-state index in [2.05, 4.69) is 9.68 Å². The fourth-order valence-corrected chi connectivity index (χ4v) is 0.419. The Morgan fingerprint density at radius 2 is 2.88 bits per heavy atom. The van der Waals surface area contributed by atoms with Crippen LogP contribution in [0.25, 0.3) is 0 Å². The van der Waals surface area contributed by atoms with E-state index in [0.717, 1.165) is 0 Å². The molecule has 1 heterocycles. The van der Waals surface area contributed by atoms with E-state index in [1.165, 1.54) is 6.07 Å². The van der Waals surface area contributed by atoms with Crippen LogP contribution in [0.1, 0.15) is 14.2 Å². The predicted octanol–water partition coefficient (Wildman–Crippen LogP) is 0.475. The first kappa shape index (κ1) is 3.25. The van der Waals surface area contributed by atoms with Gasteiger partial charge in [0.25, 0.3) is 0 Å². The standard InChI is InChI=1S/C5H7NO2/c1-4-2-5(3-7)6-8-4/h2,7H,3H2,1H3/i3D2. The summed E-state index contributed by atoms with van der Waals surface area (Å²) < 4.78 is 18.1. The van der Waals surface area contributed by atoms with Gasteiger partial charge in [0.15, 0.2) is 0 Å². The van der Waals surface area contributed by atoms with Gasteiger partial charge in [0.1, 0.15) is 11.5 Å². The smallest absolute Gasteiger partial charge is 0.134 e. The van der Waals surface area contributed by atoms with E-state index in [4.69, 9.17) is 7.85 Å². The number of rotatable bonds is 1. The van der Waals surface area contributed by atoms with Crippen LogP contribution >= 0.6 is 0 Å². The summed E-state index contributed by atoms with van der Waals surface area (Å²) in [6.45, 7) is -0.764. The van der Waals surface area contributed by atoms with Gasteiger partial charge >= 0.3 is 0 Å². The van der Waals surface area contributed by atoms with Crippen LogP contribution in [0.3, 0.4) is 0 Å². The molecule has 0 radical (unpaired) electrons. The Balaban J connectivity index is 2.96. The van der Waals surface area contributed by atoms with Gasteiger partial charge in [-0.05, 0) is 6.92 Å². The molecule has 0 saturated carbocycles. The van der Waals surface area contributed by atoms with Crippen LogP contribution in [0.2, 0.25) is 0 Å². The first-order valence-electron chi connectivity index (χ1n) is 3.16. The molecule has 0 aliphatic heterocycles. The molecule has 0 saturated heterocycles. The van der Waals surface area contributed by atoms with Crippen molar-refractivity contribution in [3.05, 3.63) is 17.5 Å². The van der Waals surface area contributed by atoms with Crippen LogP contribution in [0.4, 0.5) is 0 Å². The second-order valence-electron chi connectivity index (χ2n) is 1.43. The molecule has 0 aliphatic rings. The van der Waals surface area contributed by atoms with Crippen LogP contribution in [0.15, 0.2) is 10.6 Å². The average molecular weight is 115 g/mol. The maximum atomic E-state index is 8.71. The van der Waals surface area contributed by atoms with Crippen molar-refractivity contribution in [2.45, 2.75) is 13.5 Å². The molecule has 8 heavy (non-hydrogen) atoms. The van der Waals surface area contributed by atoms with Crippen molar-refractivity contribution in [3.8, 4) is 0 Å². The number of aryl methyl sites for hydroxylation is 1. The Labute approximate surface area is 49.7 Å². The summed E-state index contributed by atoms with van der Waals surface area (Å²) >= 11 is 0. The Hall–Kier alpha value is -0.830. The predicted molar refractivity (Wildman–Crippen MR) is 27.2 cm³/mol. The molecule has 0 aromatic carbocycles. The first-order chi connectivity index (χ1) is 4.50. The summed E-state index contributed by atoms with van der Waals surface area (Å²) in [5.41, 5.74) is -0.0926. The highest BCUT2D eigenvalue weighted by molar-refractivity contribution is 5.01. The van der Waals surface area contributed by atoms with Gasteiger partial charge in [-0.3, -0.25) is 0 Å². The minimum Gasteiger partial charge on any atom is -0.390 e. The zero-order valence-electron chi connectivity index (χ0n) is 6.38. The van der Waals surface area contributed by atoms with Crippen molar-refractivity contribution in [2.24, 2.45) is 0 Å². The molecule has 1 aromatic rings. The van der Waals surface area contributed by atoms with Crippen molar-refractivity contribution in [1.82, 2.24) is 5.16 Å². The van der Waals surface area contributed by atoms with Crippen LogP contribution in [-0.4, -0.2) is 10.3 Å². The molecule has 3 nitrogen and oxygen atoms in total. The Bertz CT molecular complexity index is 228. The molecule has 0 aliphatic carbocycles. The van der Waals surface area contributed by atoms with E-state index in [1.807, 2.05) is 0 Å². The van der Waals surface area contributed by atoms with Crippen LogP contribution in [0, 0.1) is 6.92 Å². The van der Waals surface area contributed by atoms with Gasteiger partial charge in [0.2, 0.25) is 0 Å². The second kappa shape index (κ2) is 1.96. The topological polar surface area (TPSA) is 46.3 Å². The molecule has 0 spiro atoms. The largest absolute Gasteiger partial charge is 0.390 e. The number of hydrogen-bond donors (Lipinski definition) is 1. The maximum absolute atomic E-state index is 8.71. The van der Waals surface area contributed by atoms with Crippen LogP contribution in [0.5, 0.6) is 0 Å². The summed E-state index contributed by atoms with van der Waals surface area (Å²) in [5, 5.41) is 12.0. The lowest BCUT2D eigenvalue weighted by atomic mass is 10.4. The molecule has 3 heteroatoms. The molecular weight excluding hydrogens is 106 g/mol. The van der Waals surface area contributed by atoms with E-state index >= 15 is 0 Å². The van der Waals surface area contributed by atoms with Crippen molar-refractivity contribution in [3.63, 3.8) is 0 Å². The highest BCUT2D eigenvalue weighted by atomic mass is 16.5. The van der Waals surface area contributed by atoms with Gasteiger partial charge in [0.05, 0.1) is 9.30 Å². The molecule has 0 bridgehead atoms. The highest BCUT2D eigenvalue weighted by Crippen LogP contribution is 1.99. The summed E-state index contributed by atoms with van der Waals surface area (Å²) in [5.74, 6) is 0.480. The number of aliphatic hydroxyl groups is 1. The highest BCUT2D eigenvalue weighted by Gasteiger charge is 1.94. The van der Waals surface area contributed by atoms with Gasteiger partial charge in [0, 0.05) is 6.07 Å². The molecular formula is C5H7NO2. The zero-order valence-corrected chi connectivity index (χ0v) is 4.38. The summed E-state index contributed by atoms with van der Waals surface area (Å²) in [6, 6.07) is 1.35. The third-order valence-corrected chi connectivity index (χ3v) is 0.743. The average Bonchev–Trinajstić information content (AvgIpc) is 2.11. The fourth-order valence-electron chi connectivity index (χ4n) is 0.419. The molecule has 0 atom stereocenters. The normalized spacial score (nSPS) is 15.2. The summed E-state index contributed by atoms with van der Waals surface area (Å²) in [4.78, 5) is 0. The van der Waals surface area contributed by atoms with Gasteiger partial charge in [-0.1, -0.05) is 5.16 Å². The van der Waals surface area contributed by atoms with Gasteiger partial charge < -0.3 is 9.63 Å². The molecule has 1 N–H and O–H groups in total. The van der Waals surface area contributed by atoms with Crippen molar-refractivity contribution >= 4 is 0 Å². The van der Waals surface area contributed by atoms with Crippen LogP contribution < -0.4 is 0 Å². The van der Waals surface area contributed by atoms with Crippen LogP contribution in [-0.2, 0) is 6.56 Å². The lowest BCUT2D eigenvalue weighted by Crippen LogP contribution is -1.78. The van der Waals surface area contributed by atoms with E-state index < -0.39 is 6.56 Å². The molecule has 0 amide bonds. The Morgan fingerprint density at radius 3 is 3.12 bits per heavy atom. The first-order valence-corrected chi connectivity index (χ1v) is 2.16. The van der Waals surface area contributed by atoms with E-state index in [-0.39, 0.29) is 5.69 Å². The Kier molecular flexibility index (Phi) is 0.796. The van der Waals surface area contributed by atoms with Crippen molar-refractivity contribution in [1.29, 1.82) is 0 Å². The second-order valence-corrected chi connectivity index (χ2v) is 1.43. The molecule has 1 rings (SSSR count). The van der Waals surface area contributed by atoms with E-state index in [0.29, 0.717) is 5.76 Å². The number of nitrogens with zero attached hydrogens (tertiary/aromatic N) is 1. The zero-order chi connectivity index (χ0) is 7.78. The number of hydrogen-bond acceptors (Lipinski definition) is 3. The third kappa shape index (κ3) is 0.869. The maximum Gasteiger partial charge on any atom is 0.134 e. The number of aromatic nitrogens is 1. The molecule has 0 unspecified atom stereocenters. The van der Waals surface area contributed by atoms with E-state index in [1.54, 1.807) is 6.92 Å². The SMILES string of the molecule is [2H]C([2H])(O)c1cc(C)on1. The fraction of sp³-hybridized carbons (Fsp3) is 0.400. The lowest BCUT2D eigenvalue weighted by molar-refractivity contribution is 0.265. The summed E-state index contributed by atoms with van der Waals surface area (Å²) in [6.07, 6.45) is 0. The summed E-state index contributed by atoms with van der Waals surface area (Å²) in [7, 11) is 0. The van der Waals surface area contributed by atoms with Gasteiger partial charge in [-0.15, -0.1) is 0 Å². The van der Waals surface area contributed by atoms with Gasteiger partial charge in [-0.2, -0.15) is 0 Å². The van der Waals surface area contributed by atoms with Crippen molar-refractivity contribution < 1.29 is 12.4 Å². The lowest BCUT2D eigenvalue weighted by Gasteiger charge is -1.75. The molecule has 0 fully saturated rings. The van der Waals surface area contributed by atoms with E-state index in [9.17, 15) is 0 Å². The quantitative estimate of drug-likeness (QED) is 0.578. The van der Waals surface area contributed by atoms with Gasteiger partial charge in [-0.25, -0.2) is 0 Å². The minimum atomic E-state index is -2.39. The minimum absolute atomic E-state index is 0.0926. The molecule has 1 aromatic heterocycles. The molecule has 44 valence electrons.